The largest absolute Gasteiger partial charge is 0.476 e. The van der Waals surface area contributed by atoms with Crippen LogP contribution in [0.5, 0.6) is 5.75 Å². The first-order valence-electron chi connectivity index (χ1n) is 8.92. The first-order valence-corrected chi connectivity index (χ1v) is 8.92. The van der Waals surface area contributed by atoms with Gasteiger partial charge in [0.1, 0.15) is 12.0 Å². The maximum atomic E-state index is 14.3. The van der Waals surface area contributed by atoms with Crippen molar-refractivity contribution in [3.05, 3.63) is 58.0 Å². The Balaban J connectivity index is 1.56. The zero-order valence-electron chi connectivity index (χ0n) is 15.7. The third-order valence-corrected chi connectivity index (χ3v) is 4.60. The van der Waals surface area contributed by atoms with Gasteiger partial charge in [-0.15, -0.1) is 0 Å². The number of carbonyl (C=O) groups excluding carboxylic acids is 2. The molecule has 3 rings (SSSR count). The molecule has 0 atom stereocenters. The summed E-state index contributed by atoms with van der Waals surface area (Å²) in [6, 6.07) is 7.21. The lowest BCUT2D eigenvalue weighted by molar-refractivity contribution is -0.390. The van der Waals surface area contributed by atoms with Gasteiger partial charge in [0.2, 0.25) is 5.75 Å². The van der Waals surface area contributed by atoms with E-state index in [2.05, 4.69) is 4.98 Å². The third kappa shape index (κ3) is 4.65. The summed E-state index contributed by atoms with van der Waals surface area (Å²) in [5, 5.41) is 10.9. The lowest BCUT2D eigenvalue weighted by atomic mass is 10.1. The summed E-state index contributed by atoms with van der Waals surface area (Å²) >= 11 is 0. The molecule has 0 unspecified atom stereocenters. The van der Waals surface area contributed by atoms with Gasteiger partial charge in [-0.25, -0.2) is 4.39 Å². The number of benzene rings is 1. The van der Waals surface area contributed by atoms with E-state index >= 15 is 0 Å². The number of nitro groups is 1. The molecule has 0 radical (unpaired) electrons. The molecular weight excluding hydrogens is 383 g/mol. The molecule has 0 saturated carbocycles. The van der Waals surface area contributed by atoms with Crippen LogP contribution in [0.2, 0.25) is 0 Å². The van der Waals surface area contributed by atoms with Crippen LogP contribution in [0.4, 0.5) is 15.9 Å². The van der Waals surface area contributed by atoms with Crippen molar-refractivity contribution in [2.45, 2.75) is 6.92 Å². The van der Waals surface area contributed by atoms with Crippen molar-refractivity contribution >= 4 is 23.2 Å². The number of carbonyl (C=O) groups is 2. The Hall–Kier alpha value is -3.56. The molecule has 1 amide bonds. The second-order valence-electron chi connectivity index (χ2n) is 6.46. The molecule has 1 aromatic heterocycles. The number of ether oxygens (including phenoxy) is 1. The molecule has 9 nitrogen and oxygen atoms in total. The molecule has 10 heteroatoms. The van der Waals surface area contributed by atoms with Crippen LogP contribution in [0.3, 0.4) is 0 Å². The molecular formula is C19H19FN4O5. The van der Waals surface area contributed by atoms with Crippen molar-refractivity contribution in [1.82, 2.24) is 9.88 Å². The normalized spacial score (nSPS) is 13.9. The van der Waals surface area contributed by atoms with Crippen molar-refractivity contribution in [3.8, 4) is 5.75 Å². The standard InChI is InChI=1S/C19H19FN4O5/c1-13(25)14-4-5-16(15(20)11-14)22-7-9-23(10-8-22)18(26)12-29-17-3-2-6-21-19(17)24(27)28/h2-6,11H,7-10,12H2,1H3. The van der Waals surface area contributed by atoms with E-state index in [1.54, 1.807) is 21.9 Å². The van der Waals surface area contributed by atoms with Gasteiger partial charge in [-0.2, -0.15) is 0 Å². The van der Waals surface area contributed by atoms with Gasteiger partial charge in [-0.1, -0.05) is 0 Å². The summed E-state index contributed by atoms with van der Waals surface area (Å²) in [4.78, 5) is 41.0. The summed E-state index contributed by atoms with van der Waals surface area (Å²) in [6.45, 7) is 2.55. The Morgan fingerprint density at radius 1 is 1.24 bits per heavy atom. The van der Waals surface area contributed by atoms with E-state index in [4.69, 9.17) is 4.74 Å². The number of hydrogen-bond acceptors (Lipinski definition) is 7. The first kappa shape index (κ1) is 20.2. The molecule has 1 aliphatic heterocycles. The number of amides is 1. The Bertz CT molecular complexity index is 944. The van der Waals surface area contributed by atoms with Gasteiger partial charge >= 0.3 is 5.82 Å². The van der Waals surface area contributed by atoms with Crippen LogP contribution in [0.15, 0.2) is 36.5 Å². The fourth-order valence-corrected chi connectivity index (χ4v) is 3.04. The lowest BCUT2D eigenvalue weighted by Gasteiger charge is -2.36. The molecule has 2 heterocycles. The van der Waals surface area contributed by atoms with Gasteiger partial charge in [-0.05, 0) is 47.2 Å². The Kier molecular flexibility index (Phi) is 6.01. The number of nitrogens with zero attached hydrogens (tertiary/aromatic N) is 4. The monoisotopic (exact) mass is 402 g/mol. The quantitative estimate of drug-likeness (QED) is 0.414. The molecule has 1 aromatic carbocycles. The van der Waals surface area contributed by atoms with Crippen LogP contribution < -0.4 is 9.64 Å². The molecule has 1 aliphatic rings. The number of rotatable bonds is 6. The second kappa shape index (κ2) is 8.63. The van der Waals surface area contributed by atoms with Gasteiger partial charge in [0.25, 0.3) is 5.91 Å². The summed E-state index contributed by atoms with van der Waals surface area (Å²) in [5.74, 6) is -1.54. The van der Waals surface area contributed by atoms with Gasteiger partial charge in [0, 0.05) is 31.7 Å². The van der Waals surface area contributed by atoms with Crippen LogP contribution in [0, 0.1) is 15.9 Å². The zero-order valence-corrected chi connectivity index (χ0v) is 15.7. The van der Waals surface area contributed by atoms with E-state index in [0.717, 1.165) is 0 Å². The van der Waals surface area contributed by atoms with E-state index in [1.807, 2.05) is 0 Å². The van der Waals surface area contributed by atoms with Gasteiger partial charge in [0.05, 0.1) is 5.69 Å². The fraction of sp³-hybridized carbons (Fsp3) is 0.316. The highest BCUT2D eigenvalue weighted by Crippen LogP contribution is 2.24. The van der Waals surface area contributed by atoms with Gasteiger partial charge < -0.3 is 24.7 Å². The summed E-state index contributed by atoms with van der Waals surface area (Å²) in [5.41, 5.74) is 0.686. The SMILES string of the molecule is CC(=O)c1ccc(N2CCN(C(=O)COc3cccnc3[N+](=O)[O-])CC2)c(F)c1. The van der Waals surface area contributed by atoms with Gasteiger partial charge in [0.15, 0.2) is 12.4 Å². The predicted octanol–water partition coefficient (Wildman–Crippen LogP) is 2.06. The van der Waals surface area contributed by atoms with Crippen LogP contribution >= 0.6 is 0 Å². The summed E-state index contributed by atoms with van der Waals surface area (Å²) in [6.07, 6.45) is 1.27. The van der Waals surface area contributed by atoms with Crippen molar-refractivity contribution < 1.29 is 23.6 Å². The van der Waals surface area contributed by atoms with E-state index in [1.165, 1.54) is 31.3 Å². The number of piperazine rings is 1. The fourth-order valence-electron chi connectivity index (χ4n) is 3.04. The van der Waals surface area contributed by atoms with Crippen molar-refractivity contribution in [3.63, 3.8) is 0 Å². The molecule has 0 aliphatic carbocycles. The number of aromatic nitrogens is 1. The summed E-state index contributed by atoms with van der Waals surface area (Å²) < 4.78 is 19.6. The van der Waals surface area contributed by atoms with Crippen molar-refractivity contribution in [2.75, 3.05) is 37.7 Å². The summed E-state index contributed by atoms with van der Waals surface area (Å²) in [7, 11) is 0. The number of ketones is 1. The molecule has 0 spiro atoms. The Morgan fingerprint density at radius 2 is 1.97 bits per heavy atom. The Morgan fingerprint density at radius 3 is 2.59 bits per heavy atom. The highest BCUT2D eigenvalue weighted by molar-refractivity contribution is 5.94. The molecule has 2 aromatic rings. The molecule has 29 heavy (non-hydrogen) atoms. The average Bonchev–Trinajstić information content (AvgIpc) is 2.72. The maximum Gasteiger partial charge on any atom is 0.406 e. The molecule has 0 N–H and O–H groups in total. The second-order valence-corrected chi connectivity index (χ2v) is 6.46. The highest BCUT2D eigenvalue weighted by atomic mass is 19.1. The maximum absolute atomic E-state index is 14.3. The van der Waals surface area contributed by atoms with Crippen LogP contribution in [0.1, 0.15) is 17.3 Å². The van der Waals surface area contributed by atoms with Gasteiger partial charge in [-0.3, -0.25) is 9.59 Å². The minimum Gasteiger partial charge on any atom is -0.476 e. The highest BCUT2D eigenvalue weighted by Gasteiger charge is 2.24. The molecule has 1 fully saturated rings. The smallest absolute Gasteiger partial charge is 0.406 e. The molecule has 152 valence electrons. The third-order valence-electron chi connectivity index (χ3n) is 4.60. The number of anilines is 1. The lowest BCUT2D eigenvalue weighted by Crippen LogP contribution is -2.50. The van der Waals surface area contributed by atoms with Crippen LogP contribution in [0.25, 0.3) is 0 Å². The number of Topliss-reactive ketones (excluding diaryl/α,β-unsaturated/α-hetero) is 1. The van der Waals surface area contributed by atoms with E-state index < -0.39 is 16.6 Å². The predicted molar refractivity (Wildman–Crippen MR) is 102 cm³/mol. The molecule has 0 bridgehead atoms. The number of hydrogen-bond donors (Lipinski definition) is 0. The van der Waals surface area contributed by atoms with Crippen LogP contribution in [-0.4, -0.2) is 59.3 Å². The number of pyridine rings is 1. The van der Waals surface area contributed by atoms with Crippen molar-refractivity contribution in [1.29, 1.82) is 0 Å². The first-order chi connectivity index (χ1) is 13.9. The zero-order chi connectivity index (χ0) is 21.0. The van der Waals surface area contributed by atoms with Crippen molar-refractivity contribution in [2.24, 2.45) is 0 Å². The van der Waals surface area contributed by atoms with E-state index in [9.17, 15) is 24.1 Å². The average molecular weight is 402 g/mol. The van der Waals surface area contributed by atoms with E-state index in [-0.39, 0.29) is 24.0 Å². The van der Waals surface area contributed by atoms with E-state index in [0.29, 0.717) is 37.4 Å². The van der Waals surface area contributed by atoms with Crippen LogP contribution in [-0.2, 0) is 4.79 Å². The minimum atomic E-state index is -0.676. The topological polar surface area (TPSA) is 106 Å². The number of halogens is 1. The Labute approximate surface area is 165 Å². The molecule has 1 saturated heterocycles. The minimum absolute atomic E-state index is 0.0721.